The van der Waals surface area contributed by atoms with E-state index in [2.05, 4.69) is 15.0 Å². The highest BCUT2D eigenvalue weighted by molar-refractivity contribution is 7.92. The quantitative estimate of drug-likeness (QED) is 0.357. The van der Waals surface area contributed by atoms with Crippen molar-refractivity contribution in [3.63, 3.8) is 0 Å². The molecule has 0 spiro atoms. The highest BCUT2D eigenvalue weighted by atomic mass is 32.2. The Kier molecular flexibility index (Phi) is 6.02. The van der Waals surface area contributed by atoms with Crippen LogP contribution in [0.25, 0.3) is 0 Å². The first-order valence-electron chi connectivity index (χ1n) is 9.53. The van der Waals surface area contributed by atoms with Crippen molar-refractivity contribution in [1.29, 1.82) is 0 Å². The summed E-state index contributed by atoms with van der Waals surface area (Å²) in [6.07, 6.45) is 1.51. The number of carbonyl (C=O) groups excluding carboxylic acids is 1. The zero-order chi connectivity index (χ0) is 22.7. The summed E-state index contributed by atoms with van der Waals surface area (Å²) in [5, 5.41) is 3.57. The number of sulfonamides is 1. The molecule has 0 atom stereocenters. The molecule has 162 valence electrons. The Balaban J connectivity index is 1.50. The smallest absolute Gasteiger partial charge is 0.261 e. The van der Waals surface area contributed by atoms with Crippen molar-refractivity contribution >= 4 is 43.6 Å². The van der Waals surface area contributed by atoms with Gasteiger partial charge < -0.3 is 5.32 Å². The fourth-order valence-corrected chi connectivity index (χ4v) is 4.90. The van der Waals surface area contributed by atoms with Gasteiger partial charge in [0, 0.05) is 11.3 Å². The average Bonchev–Trinajstić information content (AvgIpc) is 3.22. The fourth-order valence-electron chi connectivity index (χ4n) is 3.03. The predicted molar refractivity (Wildman–Crippen MR) is 124 cm³/mol. The molecule has 0 aliphatic rings. The second kappa shape index (κ2) is 8.89. The molecule has 6 nitrogen and oxygen atoms in total. The Morgan fingerprint density at radius 1 is 0.969 bits per heavy atom. The largest absolute Gasteiger partial charge is 0.331 e. The van der Waals surface area contributed by atoms with Crippen molar-refractivity contribution < 1.29 is 17.6 Å². The monoisotopic (exact) mass is 467 g/mol. The van der Waals surface area contributed by atoms with Gasteiger partial charge in [-0.1, -0.05) is 47.7 Å². The summed E-state index contributed by atoms with van der Waals surface area (Å²) in [5.41, 5.74) is 2.39. The van der Waals surface area contributed by atoms with Gasteiger partial charge in [0.2, 0.25) is 5.78 Å². The maximum atomic E-state index is 13.4. The Morgan fingerprint density at radius 3 is 2.50 bits per heavy atom. The molecule has 0 saturated heterocycles. The maximum absolute atomic E-state index is 13.4. The molecule has 0 amide bonds. The van der Waals surface area contributed by atoms with Gasteiger partial charge in [0.25, 0.3) is 10.0 Å². The molecule has 32 heavy (non-hydrogen) atoms. The van der Waals surface area contributed by atoms with Gasteiger partial charge >= 0.3 is 0 Å². The first kappa shape index (κ1) is 21.7. The van der Waals surface area contributed by atoms with Gasteiger partial charge in [-0.25, -0.2) is 17.8 Å². The normalized spacial score (nSPS) is 11.2. The number of nitrogens with zero attached hydrogens (tertiary/aromatic N) is 1. The lowest BCUT2D eigenvalue weighted by molar-refractivity contribution is 0.104. The van der Waals surface area contributed by atoms with E-state index in [1.807, 2.05) is 25.1 Å². The highest BCUT2D eigenvalue weighted by Gasteiger charge is 2.16. The van der Waals surface area contributed by atoms with Gasteiger partial charge in [-0.15, -0.1) is 0 Å². The number of carbonyl (C=O) groups is 1. The minimum atomic E-state index is -3.94. The van der Waals surface area contributed by atoms with E-state index in [0.29, 0.717) is 26.9 Å². The highest BCUT2D eigenvalue weighted by Crippen LogP contribution is 2.27. The van der Waals surface area contributed by atoms with Crippen LogP contribution in [0.2, 0.25) is 0 Å². The average molecular weight is 468 g/mol. The van der Waals surface area contributed by atoms with E-state index in [1.165, 1.54) is 35.7 Å². The molecular weight excluding hydrogens is 449 g/mol. The topological polar surface area (TPSA) is 88.2 Å². The molecule has 9 heteroatoms. The number of anilines is 3. The number of aromatic nitrogens is 1. The zero-order valence-electron chi connectivity index (χ0n) is 16.9. The number of hydrogen-bond donors (Lipinski definition) is 2. The summed E-state index contributed by atoms with van der Waals surface area (Å²) in [6, 6.07) is 18.7. The molecule has 1 aromatic heterocycles. The Hall–Kier alpha value is -3.56. The summed E-state index contributed by atoms with van der Waals surface area (Å²) in [7, 11) is -3.94. The van der Waals surface area contributed by atoms with Crippen molar-refractivity contribution in [3.8, 4) is 0 Å². The minimum absolute atomic E-state index is 0.106. The van der Waals surface area contributed by atoms with Crippen LogP contribution in [0.15, 0.2) is 83.9 Å². The van der Waals surface area contributed by atoms with Gasteiger partial charge in [-0.3, -0.25) is 9.52 Å². The standard InChI is InChI=1S/C23H18FN3O3S2/c1-15-6-2-3-11-20(15)22(28)21-14-25-23(31-21)26-17-8-5-9-18(13-17)27-32(29,30)19-10-4-7-16(24)12-19/h2-14,27H,1H3,(H,25,26). The molecule has 0 bridgehead atoms. The first-order valence-corrected chi connectivity index (χ1v) is 11.8. The number of benzene rings is 3. The summed E-state index contributed by atoms with van der Waals surface area (Å²) in [6.45, 7) is 1.88. The molecular formula is C23H18FN3O3S2. The van der Waals surface area contributed by atoms with Crippen LogP contribution in [0.1, 0.15) is 20.8 Å². The lowest BCUT2D eigenvalue weighted by atomic mass is 10.0. The van der Waals surface area contributed by atoms with Crippen LogP contribution in [0, 0.1) is 12.7 Å². The Labute approximate surface area is 188 Å². The minimum Gasteiger partial charge on any atom is -0.331 e. The predicted octanol–water partition coefficient (Wildman–Crippen LogP) is 5.37. The van der Waals surface area contributed by atoms with Crippen molar-refractivity contribution in [3.05, 3.63) is 101 Å². The van der Waals surface area contributed by atoms with Crippen LogP contribution < -0.4 is 10.0 Å². The first-order chi connectivity index (χ1) is 15.3. The molecule has 2 N–H and O–H groups in total. The number of hydrogen-bond acceptors (Lipinski definition) is 6. The molecule has 3 aromatic carbocycles. The van der Waals surface area contributed by atoms with E-state index >= 15 is 0 Å². The van der Waals surface area contributed by atoms with Gasteiger partial charge in [-0.2, -0.15) is 0 Å². The van der Waals surface area contributed by atoms with Gasteiger partial charge in [-0.05, 0) is 48.9 Å². The van der Waals surface area contributed by atoms with E-state index in [9.17, 15) is 17.6 Å². The van der Waals surface area contributed by atoms with Crippen LogP contribution in [-0.4, -0.2) is 19.2 Å². The van der Waals surface area contributed by atoms with Crippen LogP contribution in [0.3, 0.4) is 0 Å². The van der Waals surface area contributed by atoms with Gasteiger partial charge in [0.15, 0.2) is 5.13 Å². The van der Waals surface area contributed by atoms with Crippen molar-refractivity contribution in [1.82, 2.24) is 4.98 Å². The van der Waals surface area contributed by atoms with E-state index in [0.717, 1.165) is 11.6 Å². The summed E-state index contributed by atoms with van der Waals surface area (Å²) >= 11 is 1.20. The zero-order valence-corrected chi connectivity index (χ0v) is 18.5. The van der Waals surface area contributed by atoms with Crippen LogP contribution in [0.5, 0.6) is 0 Å². The molecule has 4 aromatic rings. The Bertz CT molecular complexity index is 1400. The number of aryl methyl sites for hydroxylation is 1. The maximum Gasteiger partial charge on any atom is 0.261 e. The molecule has 0 saturated carbocycles. The molecule has 0 aliphatic heterocycles. The second-order valence-corrected chi connectivity index (χ2v) is 9.66. The second-order valence-electron chi connectivity index (χ2n) is 6.94. The van der Waals surface area contributed by atoms with E-state index in [-0.39, 0.29) is 10.7 Å². The lowest BCUT2D eigenvalue weighted by Crippen LogP contribution is -2.13. The molecule has 0 radical (unpaired) electrons. The van der Waals surface area contributed by atoms with Crippen LogP contribution >= 0.6 is 11.3 Å². The number of halogens is 1. The molecule has 4 rings (SSSR count). The molecule has 0 fully saturated rings. The Morgan fingerprint density at radius 2 is 1.72 bits per heavy atom. The van der Waals surface area contributed by atoms with E-state index in [1.54, 1.807) is 30.3 Å². The van der Waals surface area contributed by atoms with Crippen LogP contribution in [0.4, 0.5) is 20.9 Å². The van der Waals surface area contributed by atoms with E-state index in [4.69, 9.17) is 0 Å². The van der Waals surface area contributed by atoms with Crippen molar-refractivity contribution in [2.75, 3.05) is 10.0 Å². The number of ketones is 1. The number of rotatable bonds is 7. The summed E-state index contributed by atoms with van der Waals surface area (Å²) < 4.78 is 40.9. The third-order valence-electron chi connectivity index (χ3n) is 4.59. The number of nitrogens with one attached hydrogen (secondary N) is 2. The lowest BCUT2D eigenvalue weighted by Gasteiger charge is -2.10. The molecule has 1 heterocycles. The third kappa shape index (κ3) is 4.84. The summed E-state index contributed by atoms with van der Waals surface area (Å²) in [4.78, 5) is 17.3. The van der Waals surface area contributed by atoms with Gasteiger partial charge in [0.1, 0.15) is 5.82 Å². The molecule has 0 aliphatic carbocycles. The number of thiazole rings is 1. The van der Waals surface area contributed by atoms with Crippen LogP contribution in [-0.2, 0) is 10.0 Å². The SMILES string of the molecule is Cc1ccccc1C(=O)c1cnc(Nc2cccc(NS(=O)(=O)c3cccc(F)c3)c2)s1. The summed E-state index contributed by atoms with van der Waals surface area (Å²) in [5.74, 6) is -0.742. The van der Waals surface area contributed by atoms with Gasteiger partial charge in [0.05, 0.1) is 21.7 Å². The van der Waals surface area contributed by atoms with E-state index < -0.39 is 15.8 Å². The van der Waals surface area contributed by atoms with Crippen molar-refractivity contribution in [2.45, 2.75) is 11.8 Å². The van der Waals surface area contributed by atoms with Crippen molar-refractivity contribution in [2.24, 2.45) is 0 Å². The fraction of sp³-hybridized carbons (Fsp3) is 0.0435. The third-order valence-corrected chi connectivity index (χ3v) is 6.88. The molecule has 0 unspecified atom stereocenters.